The molecule has 1 spiro atoms. The van der Waals surface area contributed by atoms with Gasteiger partial charge in [-0.25, -0.2) is 4.98 Å². The standard InChI is InChI=1S/C25H30N6O5/c1-16-20-21(35-3)17(13-26-22(20)29(2)28-16)24(34)31-11-8-25(15-31)6-9-30(10-7-25)19(32)14-27-23(33)18-5-4-12-36-18/h4-5,12-13H,6-11,14-15H2,1-3H3,(H,27,33). The molecule has 190 valence electrons. The van der Waals surface area contributed by atoms with E-state index in [4.69, 9.17) is 9.15 Å². The van der Waals surface area contributed by atoms with Gasteiger partial charge in [0.2, 0.25) is 5.91 Å². The van der Waals surface area contributed by atoms with Crippen LogP contribution in [0.1, 0.15) is 45.9 Å². The highest BCUT2D eigenvalue weighted by Crippen LogP contribution is 2.41. The summed E-state index contributed by atoms with van der Waals surface area (Å²) in [5, 5.41) is 7.78. The molecule has 3 aromatic rings. The van der Waals surface area contributed by atoms with Crippen LogP contribution in [0.3, 0.4) is 0 Å². The Kier molecular flexibility index (Phi) is 6.15. The van der Waals surface area contributed by atoms with Crippen LogP contribution in [0.2, 0.25) is 0 Å². The van der Waals surface area contributed by atoms with Crippen LogP contribution in [0.4, 0.5) is 0 Å². The number of piperidine rings is 1. The fourth-order valence-corrected chi connectivity index (χ4v) is 5.42. The molecule has 2 fully saturated rings. The molecule has 36 heavy (non-hydrogen) atoms. The van der Waals surface area contributed by atoms with Gasteiger partial charge in [-0.2, -0.15) is 5.10 Å². The van der Waals surface area contributed by atoms with Gasteiger partial charge in [0.1, 0.15) is 11.3 Å². The lowest BCUT2D eigenvalue weighted by Gasteiger charge is -2.39. The molecule has 5 rings (SSSR count). The number of hydrogen-bond acceptors (Lipinski definition) is 7. The number of methoxy groups -OCH3 is 1. The predicted octanol–water partition coefficient (Wildman–Crippen LogP) is 1.76. The van der Waals surface area contributed by atoms with Gasteiger partial charge in [-0.1, -0.05) is 0 Å². The average Bonchev–Trinajstić information content (AvgIpc) is 3.62. The fraction of sp³-hybridized carbons (Fsp3) is 0.480. The van der Waals surface area contributed by atoms with Crippen molar-refractivity contribution in [1.29, 1.82) is 0 Å². The van der Waals surface area contributed by atoms with Crippen LogP contribution in [0, 0.1) is 12.3 Å². The van der Waals surface area contributed by atoms with Gasteiger partial charge in [0.05, 0.1) is 31.0 Å². The largest absolute Gasteiger partial charge is 0.495 e. The van der Waals surface area contributed by atoms with Gasteiger partial charge in [-0.3, -0.25) is 19.1 Å². The van der Waals surface area contributed by atoms with Crippen LogP contribution >= 0.6 is 0 Å². The Morgan fingerprint density at radius 3 is 2.56 bits per heavy atom. The maximum absolute atomic E-state index is 13.5. The third-order valence-electron chi connectivity index (χ3n) is 7.46. The molecule has 0 radical (unpaired) electrons. The maximum Gasteiger partial charge on any atom is 0.287 e. The first-order valence-electron chi connectivity index (χ1n) is 12.1. The van der Waals surface area contributed by atoms with E-state index in [1.165, 1.54) is 6.26 Å². The smallest absolute Gasteiger partial charge is 0.287 e. The zero-order valence-corrected chi connectivity index (χ0v) is 20.7. The van der Waals surface area contributed by atoms with Gasteiger partial charge in [0, 0.05) is 39.4 Å². The zero-order valence-electron chi connectivity index (χ0n) is 20.7. The number of nitrogens with zero attached hydrogens (tertiary/aromatic N) is 5. The number of carbonyl (C=O) groups is 3. The highest BCUT2D eigenvalue weighted by molar-refractivity contribution is 6.02. The topological polar surface area (TPSA) is 123 Å². The van der Waals surface area contributed by atoms with E-state index in [2.05, 4.69) is 15.4 Å². The molecular formula is C25H30N6O5. The molecule has 0 unspecified atom stereocenters. The molecule has 3 amide bonds. The normalized spacial score (nSPS) is 17.1. The summed E-state index contributed by atoms with van der Waals surface area (Å²) in [7, 11) is 3.38. The van der Waals surface area contributed by atoms with Gasteiger partial charge in [-0.05, 0) is 43.7 Å². The molecule has 1 N–H and O–H groups in total. The molecule has 2 aliphatic rings. The minimum atomic E-state index is -0.406. The number of fused-ring (bicyclic) bond motifs is 1. The van der Waals surface area contributed by atoms with Crippen molar-refractivity contribution in [2.24, 2.45) is 12.5 Å². The van der Waals surface area contributed by atoms with Gasteiger partial charge >= 0.3 is 0 Å². The maximum atomic E-state index is 13.5. The fourth-order valence-electron chi connectivity index (χ4n) is 5.42. The highest BCUT2D eigenvalue weighted by atomic mass is 16.5. The Balaban J connectivity index is 1.20. The Morgan fingerprint density at radius 1 is 1.17 bits per heavy atom. The van der Waals surface area contributed by atoms with E-state index >= 15 is 0 Å². The number of furan rings is 1. The molecule has 2 aliphatic heterocycles. The molecule has 2 saturated heterocycles. The number of pyridine rings is 1. The number of amides is 3. The number of aromatic nitrogens is 3. The summed E-state index contributed by atoms with van der Waals surface area (Å²) in [6.45, 7) is 4.30. The van der Waals surface area contributed by atoms with E-state index in [0.29, 0.717) is 43.1 Å². The van der Waals surface area contributed by atoms with Crippen LogP contribution in [0.15, 0.2) is 29.0 Å². The molecule has 0 aromatic carbocycles. The molecule has 0 atom stereocenters. The first-order valence-corrected chi connectivity index (χ1v) is 12.1. The van der Waals surface area contributed by atoms with E-state index in [0.717, 1.165) is 30.3 Å². The molecule has 11 heteroatoms. The Hall–Kier alpha value is -3.89. The summed E-state index contributed by atoms with van der Waals surface area (Å²) in [5.41, 5.74) is 1.87. The van der Waals surface area contributed by atoms with Gasteiger partial charge in [-0.15, -0.1) is 0 Å². The third-order valence-corrected chi connectivity index (χ3v) is 7.46. The monoisotopic (exact) mass is 494 g/mol. The molecular weight excluding hydrogens is 464 g/mol. The first-order chi connectivity index (χ1) is 17.3. The third kappa shape index (κ3) is 4.18. The number of rotatable bonds is 5. The van der Waals surface area contributed by atoms with E-state index < -0.39 is 5.91 Å². The van der Waals surface area contributed by atoms with Crippen molar-refractivity contribution in [3.63, 3.8) is 0 Å². The zero-order chi connectivity index (χ0) is 25.4. The van der Waals surface area contributed by atoms with Crippen molar-refractivity contribution in [2.75, 3.05) is 39.8 Å². The van der Waals surface area contributed by atoms with E-state index in [-0.39, 0.29) is 29.5 Å². The molecule has 5 heterocycles. The second kappa shape index (κ2) is 9.29. The van der Waals surface area contributed by atoms with Crippen LogP contribution in [-0.2, 0) is 11.8 Å². The predicted molar refractivity (Wildman–Crippen MR) is 130 cm³/mol. The van der Waals surface area contributed by atoms with Crippen molar-refractivity contribution in [2.45, 2.75) is 26.2 Å². The molecule has 0 aliphatic carbocycles. The minimum absolute atomic E-state index is 0.0150. The highest BCUT2D eigenvalue weighted by Gasteiger charge is 2.43. The summed E-state index contributed by atoms with van der Waals surface area (Å²) < 4.78 is 12.4. The second-order valence-corrected chi connectivity index (χ2v) is 9.63. The number of aryl methyl sites for hydroxylation is 2. The van der Waals surface area contributed by atoms with Crippen molar-refractivity contribution in [1.82, 2.24) is 29.9 Å². The van der Waals surface area contributed by atoms with Crippen molar-refractivity contribution < 1.29 is 23.5 Å². The first kappa shape index (κ1) is 23.8. The second-order valence-electron chi connectivity index (χ2n) is 9.63. The van der Waals surface area contributed by atoms with Gasteiger partial charge < -0.3 is 24.3 Å². The molecule has 3 aromatic heterocycles. The van der Waals surface area contributed by atoms with Gasteiger partial charge in [0.15, 0.2) is 11.4 Å². The number of hydrogen-bond donors (Lipinski definition) is 1. The molecule has 0 saturated carbocycles. The molecule has 0 bridgehead atoms. The van der Waals surface area contributed by atoms with Crippen LogP contribution in [0.25, 0.3) is 11.0 Å². The number of carbonyl (C=O) groups excluding carboxylic acids is 3. The Labute approximate surface area is 208 Å². The lowest BCUT2D eigenvalue weighted by atomic mass is 9.78. The lowest BCUT2D eigenvalue weighted by Crippen LogP contribution is -2.47. The summed E-state index contributed by atoms with van der Waals surface area (Å²) in [5.74, 6) is 0.0675. The van der Waals surface area contributed by atoms with E-state index in [9.17, 15) is 14.4 Å². The minimum Gasteiger partial charge on any atom is -0.495 e. The summed E-state index contributed by atoms with van der Waals surface area (Å²) in [4.78, 5) is 46.3. The van der Waals surface area contributed by atoms with Gasteiger partial charge in [0.25, 0.3) is 11.8 Å². The summed E-state index contributed by atoms with van der Waals surface area (Å²) in [6.07, 6.45) is 5.50. The van der Waals surface area contributed by atoms with Crippen molar-refractivity contribution in [3.8, 4) is 5.75 Å². The lowest BCUT2D eigenvalue weighted by molar-refractivity contribution is -0.132. The summed E-state index contributed by atoms with van der Waals surface area (Å²) in [6, 6.07) is 3.18. The molecule has 11 nitrogen and oxygen atoms in total. The Morgan fingerprint density at radius 2 is 1.89 bits per heavy atom. The van der Waals surface area contributed by atoms with E-state index in [1.807, 2.05) is 18.9 Å². The van der Waals surface area contributed by atoms with Crippen LogP contribution in [-0.4, -0.2) is 82.1 Å². The number of nitrogens with one attached hydrogen (secondary N) is 1. The summed E-state index contributed by atoms with van der Waals surface area (Å²) >= 11 is 0. The Bertz CT molecular complexity index is 1310. The SMILES string of the molecule is COc1c(C(=O)N2CCC3(CCN(C(=O)CNC(=O)c4ccco4)CC3)C2)cnc2c1c(C)nn2C. The van der Waals surface area contributed by atoms with Crippen LogP contribution < -0.4 is 10.1 Å². The number of ether oxygens (including phenoxy) is 1. The van der Waals surface area contributed by atoms with Crippen molar-refractivity contribution in [3.05, 3.63) is 41.6 Å². The van der Waals surface area contributed by atoms with E-state index in [1.54, 1.807) is 35.0 Å². The van der Waals surface area contributed by atoms with Crippen LogP contribution in [0.5, 0.6) is 5.75 Å². The average molecular weight is 495 g/mol. The number of likely N-dealkylation sites (tertiary alicyclic amines) is 2. The quantitative estimate of drug-likeness (QED) is 0.573. The van der Waals surface area contributed by atoms with Crippen molar-refractivity contribution >= 4 is 28.8 Å².